The maximum Gasteiger partial charge on any atom is 0.272 e. The van der Waals surface area contributed by atoms with Gasteiger partial charge in [-0.2, -0.15) is 5.10 Å². The minimum atomic E-state index is -0.0209. The van der Waals surface area contributed by atoms with E-state index in [0.29, 0.717) is 11.6 Å². The predicted molar refractivity (Wildman–Crippen MR) is 88.1 cm³/mol. The van der Waals surface area contributed by atoms with Crippen molar-refractivity contribution in [1.82, 2.24) is 20.4 Å². The van der Waals surface area contributed by atoms with Crippen LogP contribution in [0, 0.1) is 11.8 Å². The highest BCUT2D eigenvalue weighted by molar-refractivity contribution is 6.05. The van der Waals surface area contributed by atoms with Crippen molar-refractivity contribution in [1.29, 1.82) is 0 Å². The third-order valence-electron chi connectivity index (χ3n) is 6.37. The van der Waals surface area contributed by atoms with Crippen LogP contribution in [-0.4, -0.2) is 33.8 Å². The van der Waals surface area contributed by atoms with Gasteiger partial charge in [0.15, 0.2) is 5.69 Å². The molecule has 1 aromatic heterocycles. The number of fused-ring (bicyclic) bond motifs is 3. The van der Waals surface area contributed by atoms with Gasteiger partial charge in [-0.25, -0.2) is 0 Å². The number of para-hydroxylation sites is 1. The minimum Gasteiger partial charge on any atom is -0.346 e. The molecule has 2 heterocycles. The Kier molecular flexibility index (Phi) is 2.69. The lowest BCUT2D eigenvalue weighted by molar-refractivity contribution is 0.0632. The SMILES string of the molecule is Cn1nc(C(=O)NC2C3CCC(CC3)[C@@]23CN3)c2ccccc21. The van der Waals surface area contributed by atoms with E-state index >= 15 is 0 Å². The molecule has 2 N–H and O–H groups in total. The van der Waals surface area contributed by atoms with E-state index in [4.69, 9.17) is 0 Å². The molecule has 1 amide bonds. The van der Waals surface area contributed by atoms with E-state index in [1.807, 2.05) is 31.3 Å². The van der Waals surface area contributed by atoms with E-state index in [2.05, 4.69) is 15.7 Å². The molecule has 2 aromatic rings. The summed E-state index contributed by atoms with van der Waals surface area (Å²) in [6, 6.07) is 8.20. The normalized spacial score (nSPS) is 34.9. The molecular weight excluding hydrogens is 288 g/mol. The van der Waals surface area contributed by atoms with E-state index in [9.17, 15) is 4.79 Å². The molecular formula is C18H22N4O. The molecule has 1 spiro atoms. The Morgan fingerprint density at radius 3 is 2.78 bits per heavy atom. The van der Waals surface area contributed by atoms with Gasteiger partial charge in [0.05, 0.1) is 17.1 Å². The van der Waals surface area contributed by atoms with E-state index in [-0.39, 0.29) is 17.5 Å². The molecule has 1 aromatic carbocycles. The second-order valence-electron chi connectivity index (χ2n) is 7.45. The van der Waals surface area contributed by atoms with Gasteiger partial charge in [-0.05, 0) is 43.6 Å². The number of carbonyl (C=O) groups is 1. The summed E-state index contributed by atoms with van der Waals surface area (Å²) < 4.78 is 1.79. The number of amides is 1. The molecule has 1 saturated heterocycles. The van der Waals surface area contributed by atoms with E-state index in [0.717, 1.165) is 23.4 Å². The predicted octanol–water partition coefficient (Wildman–Crippen LogP) is 1.83. The van der Waals surface area contributed by atoms with Crippen LogP contribution in [0.2, 0.25) is 0 Å². The van der Waals surface area contributed by atoms with Gasteiger partial charge < -0.3 is 10.6 Å². The van der Waals surface area contributed by atoms with Crippen molar-refractivity contribution >= 4 is 16.8 Å². The summed E-state index contributed by atoms with van der Waals surface area (Å²) in [7, 11) is 1.89. The van der Waals surface area contributed by atoms with Gasteiger partial charge in [-0.3, -0.25) is 9.48 Å². The highest BCUT2D eigenvalue weighted by Gasteiger charge is 2.61. The van der Waals surface area contributed by atoms with Crippen LogP contribution in [0.25, 0.3) is 10.9 Å². The summed E-state index contributed by atoms with van der Waals surface area (Å²) in [5.74, 6) is 1.33. The fourth-order valence-corrected chi connectivity index (χ4v) is 5.09. The lowest BCUT2D eigenvalue weighted by Crippen LogP contribution is -2.60. The van der Waals surface area contributed by atoms with Crippen LogP contribution in [-0.2, 0) is 7.05 Å². The van der Waals surface area contributed by atoms with Crippen molar-refractivity contribution in [2.45, 2.75) is 37.3 Å². The van der Waals surface area contributed by atoms with Gasteiger partial charge in [-0.15, -0.1) is 0 Å². The van der Waals surface area contributed by atoms with Crippen LogP contribution in [0.15, 0.2) is 24.3 Å². The number of carbonyl (C=O) groups excluding carboxylic acids is 1. The summed E-state index contributed by atoms with van der Waals surface area (Å²) in [5, 5.41) is 12.3. The number of nitrogens with one attached hydrogen (secondary N) is 2. The summed E-state index contributed by atoms with van der Waals surface area (Å²) in [5.41, 5.74) is 1.74. The number of rotatable bonds is 2. The fourth-order valence-electron chi connectivity index (χ4n) is 5.09. The second-order valence-corrected chi connectivity index (χ2v) is 7.45. The van der Waals surface area contributed by atoms with Crippen LogP contribution in [0.4, 0.5) is 0 Å². The minimum absolute atomic E-state index is 0.0209. The van der Waals surface area contributed by atoms with Crippen LogP contribution in [0.1, 0.15) is 36.2 Å². The smallest absolute Gasteiger partial charge is 0.272 e. The molecule has 3 aliphatic carbocycles. The molecule has 1 unspecified atom stereocenters. The summed E-state index contributed by atoms with van der Waals surface area (Å²) in [4.78, 5) is 12.9. The van der Waals surface area contributed by atoms with Gasteiger partial charge >= 0.3 is 0 Å². The van der Waals surface area contributed by atoms with Crippen molar-refractivity contribution in [3.63, 3.8) is 0 Å². The Hall–Kier alpha value is -1.88. The standard InChI is InChI=1S/C18H22N4O/c1-22-14-5-3-2-4-13(14)15(21-22)17(23)20-16-11-6-8-12(9-7-11)18(16)10-19-18/h2-5,11-12,16,19H,6-10H2,1H3,(H,20,23)/t11?,12?,16?,18-/m0/s1. The number of benzene rings is 1. The van der Waals surface area contributed by atoms with Crippen LogP contribution in [0.3, 0.4) is 0 Å². The first-order valence-corrected chi connectivity index (χ1v) is 8.67. The molecule has 1 aliphatic heterocycles. The van der Waals surface area contributed by atoms with Crippen LogP contribution >= 0.6 is 0 Å². The lowest BCUT2D eigenvalue weighted by Gasteiger charge is -2.48. The average molecular weight is 310 g/mol. The molecule has 0 radical (unpaired) electrons. The van der Waals surface area contributed by atoms with Crippen molar-refractivity contribution in [2.75, 3.05) is 6.54 Å². The number of hydrogen-bond acceptors (Lipinski definition) is 3. The lowest BCUT2D eigenvalue weighted by atomic mass is 9.61. The van der Waals surface area contributed by atoms with Gasteiger partial charge in [0, 0.05) is 19.0 Å². The molecule has 23 heavy (non-hydrogen) atoms. The van der Waals surface area contributed by atoms with Gasteiger partial charge in [0.2, 0.25) is 0 Å². The number of nitrogens with zero attached hydrogens (tertiary/aromatic N) is 2. The van der Waals surface area contributed by atoms with Crippen molar-refractivity contribution in [2.24, 2.45) is 18.9 Å². The maximum atomic E-state index is 12.9. The van der Waals surface area contributed by atoms with Gasteiger partial charge in [-0.1, -0.05) is 18.2 Å². The van der Waals surface area contributed by atoms with E-state index < -0.39 is 0 Å². The summed E-state index contributed by atoms with van der Waals surface area (Å²) in [6.07, 6.45) is 5.14. The van der Waals surface area contributed by atoms with Gasteiger partial charge in [0.25, 0.3) is 5.91 Å². The molecule has 2 bridgehead atoms. The molecule has 6 rings (SSSR count). The van der Waals surface area contributed by atoms with Crippen LogP contribution < -0.4 is 10.6 Å². The largest absolute Gasteiger partial charge is 0.346 e. The Bertz CT molecular complexity index is 783. The van der Waals surface area contributed by atoms with E-state index in [1.165, 1.54) is 25.7 Å². The average Bonchev–Trinajstić information content (AvgIpc) is 3.29. The van der Waals surface area contributed by atoms with Gasteiger partial charge in [0.1, 0.15) is 0 Å². The van der Waals surface area contributed by atoms with Crippen molar-refractivity contribution in [3.05, 3.63) is 30.0 Å². The third-order valence-corrected chi connectivity index (χ3v) is 6.37. The molecule has 120 valence electrons. The van der Waals surface area contributed by atoms with Crippen molar-refractivity contribution < 1.29 is 4.79 Å². The molecule has 3 saturated carbocycles. The summed E-state index contributed by atoms with van der Waals surface area (Å²) in [6.45, 7) is 1.06. The Balaban J connectivity index is 1.47. The first-order chi connectivity index (χ1) is 11.2. The second kappa shape index (κ2) is 4.57. The van der Waals surface area contributed by atoms with Crippen molar-refractivity contribution in [3.8, 4) is 0 Å². The molecule has 5 heteroatoms. The Morgan fingerprint density at radius 1 is 1.30 bits per heavy atom. The summed E-state index contributed by atoms with van der Waals surface area (Å²) >= 11 is 0. The molecule has 5 nitrogen and oxygen atoms in total. The first kappa shape index (κ1) is 13.5. The Morgan fingerprint density at radius 2 is 2.04 bits per heavy atom. The third kappa shape index (κ3) is 1.83. The van der Waals surface area contributed by atoms with Crippen LogP contribution in [0.5, 0.6) is 0 Å². The zero-order valence-electron chi connectivity index (χ0n) is 13.4. The zero-order chi connectivity index (χ0) is 15.6. The molecule has 4 aliphatic rings. The monoisotopic (exact) mass is 310 g/mol. The highest BCUT2D eigenvalue weighted by Crippen LogP contribution is 2.51. The zero-order valence-corrected chi connectivity index (χ0v) is 13.4. The molecule has 4 fully saturated rings. The fraction of sp³-hybridized carbons (Fsp3) is 0.556. The number of aryl methyl sites for hydroxylation is 1. The topological polar surface area (TPSA) is 68.9 Å². The quantitative estimate of drug-likeness (QED) is 0.832. The maximum absolute atomic E-state index is 12.9. The Labute approximate surface area is 135 Å². The number of aromatic nitrogens is 2. The highest BCUT2D eigenvalue weighted by atomic mass is 16.2. The molecule has 2 atom stereocenters. The first-order valence-electron chi connectivity index (χ1n) is 8.67. The number of hydrogen-bond donors (Lipinski definition) is 2. The van der Waals surface area contributed by atoms with E-state index in [1.54, 1.807) is 4.68 Å².